The Bertz CT molecular complexity index is 454. The maximum atomic E-state index is 2.40. The van der Waals surface area contributed by atoms with Crippen molar-refractivity contribution in [3.8, 4) is 0 Å². The second-order valence-corrected chi connectivity index (χ2v) is 6.78. The van der Waals surface area contributed by atoms with Gasteiger partial charge in [0.1, 0.15) is 0 Å². The van der Waals surface area contributed by atoms with Crippen molar-refractivity contribution in [1.82, 2.24) is 0 Å². The molecule has 0 saturated heterocycles. The normalized spacial score (nSPS) is 12.6. The van der Waals surface area contributed by atoms with E-state index in [2.05, 4.69) is 63.4 Å². The molecular formula is C19H28S. The average Bonchev–Trinajstić information content (AvgIpc) is 2.89. The summed E-state index contributed by atoms with van der Waals surface area (Å²) in [4.78, 5) is 1.46. The molecule has 1 aromatic heterocycles. The van der Waals surface area contributed by atoms with Gasteiger partial charge in [0, 0.05) is 4.88 Å². The molecule has 0 saturated carbocycles. The molecule has 0 aliphatic carbocycles. The van der Waals surface area contributed by atoms with Crippen molar-refractivity contribution in [2.75, 3.05) is 0 Å². The van der Waals surface area contributed by atoms with Gasteiger partial charge in [0.2, 0.25) is 0 Å². The molecule has 1 aromatic rings. The van der Waals surface area contributed by atoms with Crippen molar-refractivity contribution in [3.63, 3.8) is 0 Å². The minimum absolute atomic E-state index is 1.09. The standard InChI is InChI=1S/C19H28S/c1-16(2)8-5-9-17(3)10-6-11-18(4)13-14-19-12-7-15-20-19/h7-8,10,12-13,15H,5-6,9,11,14H2,1-4H3/b17-10+,18-13+. The Balaban J connectivity index is 2.24. The van der Waals surface area contributed by atoms with Crippen LogP contribution >= 0.6 is 11.3 Å². The summed E-state index contributed by atoms with van der Waals surface area (Å²) in [5, 5.41) is 2.15. The first kappa shape index (κ1) is 17.0. The van der Waals surface area contributed by atoms with E-state index in [9.17, 15) is 0 Å². The number of hydrogen-bond acceptors (Lipinski definition) is 1. The van der Waals surface area contributed by atoms with Gasteiger partial charge in [-0.15, -0.1) is 11.3 Å². The van der Waals surface area contributed by atoms with E-state index >= 15 is 0 Å². The summed E-state index contributed by atoms with van der Waals surface area (Å²) >= 11 is 1.84. The van der Waals surface area contributed by atoms with Gasteiger partial charge < -0.3 is 0 Å². The zero-order valence-electron chi connectivity index (χ0n) is 13.4. The van der Waals surface area contributed by atoms with Gasteiger partial charge in [0.05, 0.1) is 0 Å². The smallest absolute Gasteiger partial charge is 0.00829 e. The van der Waals surface area contributed by atoms with Gasteiger partial charge >= 0.3 is 0 Å². The molecule has 0 bridgehead atoms. The molecule has 20 heavy (non-hydrogen) atoms. The summed E-state index contributed by atoms with van der Waals surface area (Å²) < 4.78 is 0. The number of hydrogen-bond donors (Lipinski definition) is 0. The van der Waals surface area contributed by atoms with Gasteiger partial charge in [-0.25, -0.2) is 0 Å². The second-order valence-electron chi connectivity index (χ2n) is 5.74. The fourth-order valence-corrected chi connectivity index (χ4v) is 2.71. The van der Waals surface area contributed by atoms with Crippen molar-refractivity contribution in [2.24, 2.45) is 0 Å². The predicted molar refractivity (Wildman–Crippen MR) is 93.4 cm³/mol. The van der Waals surface area contributed by atoms with E-state index in [-0.39, 0.29) is 0 Å². The van der Waals surface area contributed by atoms with Crippen LogP contribution in [0.5, 0.6) is 0 Å². The average molecular weight is 288 g/mol. The van der Waals surface area contributed by atoms with Crippen molar-refractivity contribution < 1.29 is 0 Å². The maximum absolute atomic E-state index is 2.40. The molecule has 0 aliphatic heterocycles. The Labute approximate surface area is 128 Å². The molecule has 0 atom stereocenters. The van der Waals surface area contributed by atoms with Crippen LogP contribution < -0.4 is 0 Å². The highest BCUT2D eigenvalue weighted by Gasteiger charge is 1.94. The van der Waals surface area contributed by atoms with Crippen LogP contribution in [0.25, 0.3) is 0 Å². The minimum atomic E-state index is 1.09. The van der Waals surface area contributed by atoms with Gasteiger partial charge in [-0.2, -0.15) is 0 Å². The summed E-state index contributed by atoms with van der Waals surface area (Å²) in [5.41, 5.74) is 4.45. The second kappa shape index (κ2) is 9.77. The lowest BCUT2D eigenvalue weighted by Gasteiger charge is -2.01. The largest absolute Gasteiger partial charge is 0.149 e. The van der Waals surface area contributed by atoms with Crippen LogP contribution in [-0.4, -0.2) is 0 Å². The van der Waals surface area contributed by atoms with Crippen molar-refractivity contribution in [3.05, 3.63) is 57.3 Å². The lowest BCUT2D eigenvalue weighted by molar-refractivity contribution is 0.915. The van der Waals surface area contributed by atoms with Crippen molar-refractivity contribution >= 4 is 11.3 Å². The van der Waals surface area contributed by atoms with Crippen molar-refractivity contribution in [1.29, 1.82) is 0 Å². The van der Waals surface area contributed by atoms with Gasteiger partial charge in [-0.05, 0) is 71.2 Å². The Morgan fingerprint density at radius 3 is 2.20 bits per heavy atom. The van der Waals surface area contributed by atoms with E-state index in [4.69, 9.17) is 0 Å². The fraction of sp³-hybridized carbons (Fsp3) is 0.474. The van der Waals surface area contributed by atoms with E-state index in [0.29, 0.717) is 0 Å². The van der Waals surface area contributed by atoms with Gasteiger partial charge in [0.25, 0.3) is 0 Å². The molecule has 0 aliphatic rings. The van der Waals surface area contributed by atoms with E-state index < -0.39 is 0 Å². The lowest BCUT2D eigenvalue weighted by Crippen LogP contribution is -1.82. The van der Waals surface area contributed by atoms with Crippen LogP contribution in [0.4, 0.5) is 0 Å². The molecule has 0 N–H and O–H groups in total. The molecule has 0 fully saturated rings. The maximum Gasteiger partial charge on any atom is 0.00829 e. The minimum Gasteiger partial charge on any atom is -0.149 e. The summed E-state index contributed by atoms with van der Waals surface area (Å²) in [7, 11) is 0. The highest BCUT2D eigenvalue weighted by molar-refractivity contribution is 7.09. The summed E-state index contributed by atoms with van der Waals surface area (Å²) in [6.45, 7) is 8.84. The topological polar surface area (TPSA) is 0 Å². The fourth-order valence-electron chi connectivity index (χ4n) is 2.04. The Hall–Kier alpha value is -1.08. The van der Waals surface area contributed by atoms with Crippen LogP contribution in [-0.2, 0) is 6.42 Å². The first-order valence-corrected chi connectivity index (χ1v) is 8.43. The Morgan fingerprint density at radius 1 is 0.950 bits per heavy atom. The predicted octanol–water partition coefficient (Wildman–Crippen LogP) is 6.71. The SMILES string of the molecule is CC(C)=CCC/C(C)=C/CC/C(C)=C/Cc1cccs1. The first-order chi connectivity index (χ1) is 9.58. The first-order valence-electron chi connectivity index (χ1n) is 7.55. The number of rotatable bonds is 8. The van der Waals surface area contributed by atoms with Gasteiger partial charge in [-0.3, -0.25) is 0 Å². The highest BCUT2D eigenvalue weighted by Crippen LogP contribution is 2.14. The molecule has 0 radical (unpaired) electrons. The van der Waals surface area contributed by atoms with Crippen molar-refractivity contribution in [2.45, 2.75) is 59.8 Å². The molecule has 0 unspecified atom stereocenters. The Kier molecular flexibility index (Phi) is 8.29. The lowest BCUT2D eigenvalue weighted by atomic mass is 10.1. The third kappa shape index (κ3) is 8.16. The van der Waals surface area contributed by atoms with Crippen LogP contribution in [0.15, 0.2) is 52.5 Å². The molecule has 0 spiro atoms. The molecule has 0 aromatic carbocycles. The quantitative estimate of drug-likeness (QED) is 0.466. The monoisotopic (exact) mass is 288 g/mol. The molecular weight excluding hydrogens is 260 g/mol. The molecule has 0 amide bonds. The summed E-state index contributed by atoms with van der Waals surface area (Å²) in [6.07, 6.45) is 12.9. The van der Waals surface area contributed by atoms with Crippen LogP contribution in [0.3, 0.4) is 0 Å². The molecule has 1 rings (SSSR count). The third-order valence-corrected chi connectivity index (χ3v) is 4.25. The molecule has 110 valence electrons. The number of thiophene rings is 1. The Morgan fingerprint density at radius 2 is 1.60 bits per heavy atom. The van der Waals surface area contributed by atoms with Crippen LogP contribution in [0, 0.1) is 0 Å². The summed E-state index contributed by atoms with van der Waals surface area (Å²) in [5.74, 6) is 0. The number of allylic oxidation sites excluding steroid dienone is 6. The van der Waals surface area contributed by atoms with E-state index in [1.807, 2.05) is 11.3 Å². The van der Waals surface area contributed by atoms with Gasteiger partial charge in [0.15, 0.2) is 0 Å². The zero-order chi connectivity index (χ0) is 14.8. The molecule has 0 nitrogen and oxygen atoms in total. The van der Waals surface area contributed by atoms with Crippen LogP contribution in [0.1, 0.15) is 58.3 Å². The van der Waals surface area contributed by atoms with E-state index in [0.717, 1.165) is 6.42 Å². The molecule has 1 heteroatoms. The van der Waals surface area contributed by atoms with Gasteiger partial charge in [-0.1, -0.05) is 41.0 Å². The van der Waals surface area contributed by atoms with E-state index in [1.165, 1.54) is 47.3 Å². The highest BCUT2D eigenvalue weighted by atomic mass is 32.1. The molecule has 1 heterocycles. The van der Waals surface area contributed by atoms with Crippen LogP contribution in [0.2, 0.25) is 0 Å². The summed E-state index contributed by atoms with van der Waals surface area (Å²) in [6, 6.07) is 4.34. The third-order valence-electron chi connectivity index (χ3n) is 3.35. The van der Waals surface area contributed by atoms with E-state index in [1.54, 1.807) is 0 Å². The zero-order valence-corrected chi connectivity index (χ0v) is 14.2.